The highest BCUT2D eigenvalue weighted by atomic mass is 16.3. The van der Waals surface area contributed by atoms with Crippen molar-refractivity contribution in [2.45, 2.75) is 44.4 Å². The number of nitrogens with one attached hydrogen (secondary N) is 2. The van der Waals surface area contributed by atoms with Crippen molar-refractivity contribution in [3.05, 3.63) is 54.1 Å². The number of imidazole rings is 1. The first-order chi connectivity index (χ1) is 12.2. The highest BCUT2D eigenvalue weighted by Gasteiger charge is 2.42. The van der Waals surface area contributed by atoms with E-state index in [0.717, 1.165) is 24.4 Å². The fourth-order valence-electron chi connectivity index (χ4n) is 3.55. The van der Waals surface area contributed by atoms with Gasteiger partial charge >= 0.3 is 0 Å². The monoisotopic (exact) mass is 342 g/mol. The summed E-state index contributed by atoms with van der Waals surface area (Å²) in [5.74, 6) is 0.924. The van der Waals surface area contributed by atoms with Crippen LogP contribution in [0.15, 0.2) is 42.7 Å². The second kappa shape index (κ2) is 7.80. The van der Waals surface area contributed by atoms with Crippen LogP contribution in [-0.2, 0) is 23.3 Å². The summed E-state index contributed by atoms with van der Waals surface area (Å²) in [5.41, 5.74) is 0.223. The van der Waals surface area contributed by atoms with E-state index in [0.29, 0.717) is 25.9 Å². The molecule has 0 saturated carbocycles. The molecule has 2 aromatic rings. The molecule has 25 heavy (non-hydrogen) atoms. The van der Waals surface area contributed by atoms with Gasteiger partial charge in [-0.2, -0.15) is 0 Å². The molecule has 2 heterocycles. The van der Waals surface area contributed by atoms with Gasteiger partial charge < -0.3 is 20.3 Å². The van der Waals surface area contributed by atoms with Gasteiger partial charge in [0.15, 0.2) is 0 Å². The van der Waals surface area contributed by atoms with Crippen LogP contribution in [0.1, 0.15) is 31.2 Å². The van der Waals surface area contributed by atoms with Gasteiger partial charge in [-0.3, -0.25) is 4.79 Å². The van der Waals surface area contributed by atoms with E-state index in [1.807, 2.05) is 41.1 Å². The van der Waals surface area contributed by atoms with Gasteiger partial charge in [0.05, 0.1) is 11.6 Å². The lowest BCUT2D eigenvalue weighted by atomic mass is 9.79. The van der Waals surface area contributed by atoms with Crippen molar-refractivity contribution in [3.8, 4) is 0 Å². The molecule has 0 bridgehead atoms. The molecule has 3 N–H and O–H groups in total. The first-order valence-electron chi connectivity index (χ1n) is 8.91. The van der Waals surface area contributed by atoms with Crippen LogP contribution in [0.4, 0.5) is 0 Å². The molecule has 134 valence electrons. The van der Waals surface area contributed by atoms with Gasteiger partial charge in [-0.1, -0.05) is 37.3 Å². The number of benzene rings is 1. The maximum absolute atomic E-state index is 12.7. The summed E-state index contributed by atoms with van der Waals surface area (Å²) in [6.45, 7) is 3.87. The Kier molecular flexibility index (Phi) is 5.50. The summed E-state index contributed by atoms with van der Waals surface area (Å²) in [6, 6.07) is 9.77. The van der Waals surface area contributed by atoms with Gasteiger partial charge in [0.25, 0.3) is 0 Å². The molecule has 0 radical (unpaired) electrons. The average molecular weight is 342 g/mol. The van der Waals surface area contributed by atoms with Crippen LogP contribution in [-0.4, -0.2) is 39.8 Å². The quantitative estimate of drug-likeness (QED) is 0.737. The summed E-state index contributed by atoms with van der Waals surface area (Å²) in [4.78, 5) is 16.9. The zero-order valence-electron chi connectivity index (χ0n) is 14.6. The van der Waals surface area contributed by atoms with Crippen molar-refractivity contribution in [2.75, 3.05) is 13.1 Å². The molecule has 1 aliphatic rings. The van der Waals surface area contributed by atoms with Gasteiger partial charge in [0, 0.05) is 38.3 Å². The van der Waals surface area contributed by atoms with E-state index in [9.17, 15) is 9.90 Å². The summed E-state index contributed by atoms with van der Waals surface area (Å²) in [6.07, 6.45) is 4.87. The van der Waals surface area contributed by atoms with Gasteiger partial charge in [-0.25, -0.2) is 4.98 Å². The van der Waals surface area contributed by atoms with E-state index in [1.54, 1.807) is 6.20 Å². The first kappa shape index (κ1) is 17.6. The maximum atomic E-state index is 12.7. The third-order valence-corrected chi connectivity index (χ3v) is 4.95. The highest BCUT2D eigenvalue weighted by Crippen LogP contribution is 2.31. The smallest absolute Gasteiger partial charge is 0.222 e. The lowest BCUT2D eigenvalue weighted by Crippen LogP contribution is -2.61. The first-order valence-corrected chi connectivity index (χ1v) is 8.91. The molecule has 0 spiro atoms. The molecule has 2 atom stereocenters. The zero-order chi connectivity index (χ0) is 17.7. The third kappa shape index (κ3) is 3.75. The third-order valence-electron chi connectivity index (χ3n) is 4.95. The van der Waals surface area contributed by atoms with Crippen molar-refractivity contribution in [3.63, 3.8) is 0 Å². The molecule has 3 rings (SSSR count). The van der Waals surface area contributed by atoms with E-state index in [4.69, 9.17) is 0 Å². The van der Waals surface area contributed by atoms with Crippen LogP contribution in [0.2, 0.25) is 0 Å². The van der Waals surface area contributed by atoms with Crippen molar-refractivity contribution >= 4 is 5.91 Å². The van der Waals surface area contributed by atoms with E-state index in [-0.39, 0.29) is 5.91 Å². The number of carbonyl (C=O) groups is 1. The SMILES string of the molecule is CCc1nccn1CCC(=O)N[C@]1(c2ccccc2)CCNC[C@H]1O. The minimum absolute atomic E-state index is 0.0550. The lowest BCUT2D eigenvalue weighted by molar-refractivity contribution is -0.126. The maximum Gasteiger partial charge on any atom is 0.222 e. The van der Waals surface area contributed by atoms with Gasteiger partial charge in [0.1, 0.15) is 5.82 Å². The number of piperidine rings is 1. The number of nitrogens with zero attached hydrogens (tertiary/aromatic N) is 2. The Bertz CT molecular complexity index is 700. The Balaban J connectivity index is 1.73. The lowest BCUT2D eigenvalue weighted by Gasteiger charge is -2.43. The normalized spacial score (nSPS) is 23.4. The molecule has 1 aliphatic heterocycles. The summed E-state index contributed by atoms with van der Waals surface area (Å²) in [5, 5.41) is 17.0. The molecular formula is C19H26N4O2. The Labute approximate surface area is 148 Å². The molecular weight excluding hydrogens is 316 g/mol. The van der Waals surface area contributed by atoms with Crippen LogP contribution < -0.4 is 10.6 Å². The molecule has 1 aromatic carbocycles. The molecule has 1 amide bonds. The van der Waals surface area contributed by atoms with E-state index < -0.39 is 11.6 Å². The van der Waals surface area contributed by atoms with E-state index >= 15 is 0 Å². The Morgan fingerprint density at radius 2 is 2.24 bits per heavy atom. The Morgan fingerprint density at radius 3 is 2.96 bits per heavy atom. The predicted molar refractivity (Wildman–Crippen MR) is 96.0 cm³/mol. The molecule has 1 saturated heterocycles. The van der Waals surface area contributed by atoms with Crippen LogP contribution in [0, 0.1) is 0 Å². The van der Waals surface area contributed by atoms with Crippen molar-refractivity contribution < 1.29 is 9.90 Å². The second-order valence-corrected chi connectivity index (χ2v) is 6.50. The minimum atomic E-state index is -0.730. The van der Waals surface area contributed by atoms with Crippen molar-refractivity contribution in [2.24, 2.45) is 0 Å². The summed E-state index contributed by atoms with van der Waals surface area (Å²) >= 11 is 0. The number of aliphatic hydroxyl groups is 1. The van der Waals surface area contributed by atoms with Gasteiger partial charge in [-0.05, 0) is 18.5 Å². The number of amides is 1. The van der Waals surface area contributed by atoms with Gasteiger partial charge in [-0.15, -0.1) is 0 Å². The van der Waals surface area contributed by atoms with Crippen LogP contribution in [0.3, 0.4) is 0 Å². The zero-order valence-corrected chi connectivity index (χ0v) is 14.6. The average Bonchev–Trinajstić information content (AvgIpc) is 3.10. The van der Waals surface area contributed by atoms with Crippen LogP contribution >= 0.6 is 0 Å². The fraction of sp³-hybridized carbons (Fsp3) is 0.474. The minimum Gasteiger partial charge on any atom is -0.389 e. The molecule has 1 fully saturated rings. The van der Waals surface area contributed by atoms with Crippen molar-refractivity contribution in [1.82, 2.24) is 20.2 Å². The molecule has 0 unspecified atom stereocenters. The van der Waals surface area contributed by atoms with Crippen molar-refractivity contribution in [1.29, 1.82) is 0 Å². The Morgan fingerprint density at radius 1 is 1.44 bits per heavy atom. The van der Waals surface area contributed by atoms with Crippen LogP contribution in [0.5, 0.6) is 0 Å². The second-order valence-electron chi connectivity index (χ2n) is 6.50. The number of aliphatic hydroxyl groups excluding tert-OH is 1. The largest absolute Gasteiger partial charge is 0.389 e. The number of hydrogen-bond acceptors (Lipinski definition) is 4. The number of rotatable bonds is 6. The molecule has 1 aromatic heterocycles. The Hall–Kier alpha value is -2.18. The summed E-state index contributed by atoms with van der Waals surface area (Å²) < 4.78 is 2.01. The topological polar surface area (TPSA) is 79.2 Å². The van der Waals surface area contributed by atoms with E-state index in [2.05, 4.69) is 22.5 Å². The number of aryl methyl sites for hydroxylation is 2. The molecule has 0 aliphatic carbocycles. The standard InChI is InChI=1S/C19H26N4O2/c1-2-17-21-11-13-23(17)12-8-18(25)22-19(9-10-20-14-16(19)24)15-6-4-3-5-7-15/h3-7,11,13,16,20,24H,2,8-10,12,14H2,1H3,(H,22,25)/t16-,19+/m1/s1. The van der Waals surface area contributed by atoms with Crippen LogP contribution in [0.25, 0.3) is 0 Å². The van der Waals surface area contributed by atoms with Gasteiger partial charge in [0.2, 0.25) is 5.91 Å². The number of aromatic nitrogens is 2. The molecule has 6 heteroatoms. The fourth-order valence-corrected chi connectivity index (χ4v) is 3.55. The van der Waals surface area contributed by atoms with E-state index in [1.165, 1.54) is 0 Å². The number of hydrogen-bond donors (Lipinski definition) is 3. The number of carbonyl (C=O) groups excluding carboxylic acids is 1. The number of β-amino-alcohol motifs (C(OH)–C–C–N with tert-alkyl or cyclic N) is 1. The highest BCUT2D eigenvalue weighted by molar-refractivity contribution is 5.77. The predicted octanol–water partition coefficient (Wildman–Crippen LogP) is 1.20. The summed E-state index contributed by atoms with van der Waals surface area (Å²) in [7, 11) is 0. The molecule has 6 nitrogen and oxygen atoms in total.